The fourth-order valence-electron chi connectivity index (χ4n) is 4.89. The second-order valence-corrected chi connectivity index (χ2v) is 7.98. The molecule has 1 aliphatic carbocycles. The zero-order chi connectivity index (χ0) is 17.2. The van der Waals surface area contributed by atoms with Crippen LogP contribution in [0, 0.1) is 11.8 Å². The highest BCUT2D eigenvalue weighted by Gasteiger charge is 2.37. The van der Waals surface area contributed by atoms with Gasteiger partial charge in [0.05, 0.1) is 17.6 Å². The second kappa shape index (κ2) is 7.26. The summed E-state index contributed by atoms with van der Waals surface area (Å²) in [5, 5.41) is 3.97. The molecule has 3 nitrogen and oxygen atoms in total. The summed E-state index contributed by atoms with van der Waals surface area (Å²) in [7, 11) is 2.14. The van der Waals surface area contributed by atoms with Crippen LogP contribution < -0.4 is 5.32 Å². The maximum Gasteiger partial charge on any atom is 0.123 e. The van der Waals surface area contributed by atoms with Crippen LogP contribution in [-0.4, -0.2) is 15.1 Å². The number of imidazole rings is 1. The molecule has 1 fully saturated rings. The third-order valence-electron chi connectivity index (χ3n) is 5.96. The SMILES string of the molecule is CCCC1(NCc2nc3ccccc3n2C)CC(C)CC(CC)C1. The van der Waals surface area contributed by atoms with Crippen molar-refractivity contribution in [2.75, 3.05) is 0 Å². The number of nitrogens with one attached hydrogen (secondary N) is 1. The van der Waals surface area contributed by atoms with Gasteiger partial charge in [0.15, 0.2) is 0 Å². The molecule has 3 atom stereocenters. The summed E-state index contributed by atoms with van der Waals surface area (Å²) in [6, 6.07) is 8.42. The van der Waals surface area contributed by atoms with Crippen molar-refractivity contribution in [1.82, 2.24) is 14.9 Å². The van der Waals surface area contributed by atoms with E-state index in [0.717, 1.165) is 29.7 Å². The molecule has 1 N–H and O–H groups in total. The van der Waals surface area contributed by atoms with Gasteiger partial charge >= 0.3 is 0 Å². The zero-order valence-electron chi connectivity index (χ0n) is 15.8. The molecule has 1 saturated carbocycles. The van der Waals surface area contributed by atoms with E-state index < -0.39 is 0 Å². The van der Waals surface area contributed by atoms with E-state index in [1.807, 2.05) is 0 Å². The third kappa shape index (κ3) is 3.51. The van der Waals surface area contributed by atoms with Gasteiger partial charge in [-0.15, -0.1) is 0 Å². The lowest BCUT2D eigenvalue weighted by Crippen LogP contribution is -2.50. The minimum atomic E-state index is 0.297. The largest absolute Gasteiger partial charge is 0.330 e. The summed E-state index contributed by atoms with van der Waals surface area (Å²) in [6.07, 6.45) is 7.86. The molecule has 1 aromatic heterocycles. The van der Waals surface area contributed by atoms with Crippen LogP contribution in [0.25, 0.3) is 11.0 Å². The van der Waals surface area contributed by atoms with Gasteiger partial charge in [-0.05, 0) is 49.7 Å². The molecule has 24 heavy (non-hydrogen) atoms. The lowest BCUT2D eigenvalue weighted by molar-refractivity contribution is 0.120. The quantitative estimate of drug-likeness (QED) is 0.805. The van der Waals surface area contributed by atoms with Crippen LogP contribution in [-0.2, 0) is 13.6 Å². The van der Waals surface area contributed by atoms with Crippen LogP contribution in [0.1, 0.15) is 65.1 Å². The molecule has 1 heterocycles. The average molecular weight is 328 g/mol. The molecule has 3 rings (SSSR count). The molecule has 1 aromatic carbocycles. The normalized spacial score (nSPS) is 27.7. The lowest BCUT2D eigenvalue weighted by atomic mass is 9.68. The molecule has 1 aliphatic rings. The number of hydrogen-bond acceptors (Lipinski definition) is 2. The van der Waals surface area contributed by atoms with Crippen molar-refractivity contribution in [3.8, 4) is 0 Å². The topological polar surface area (TPSA) is 29.9 Å². The third-order valence-corrected chi connectivity index (χ3v) is 5.96. The first-order valence-electron chi connectivity index (χ1n) is 9.72. The number of aryl methyl sites for hydroxylation is 1. The van der Waals surface area contributed by atoms with E-state index in [4.69, 9.17) is 4.98 Å². The van der Waals surface area contributed by atoms with E-state index >= 15 is 0 Å². The number of para-hydroxylation sites is 2. The fourth-order valence-corrected chi connectivity index (χ4v) is 4.89. The van der Waals surface area contributed by atoms with E-state index in [-0.39, 0.29) is 0 Å². The van der Waals surface area contributed by atoms with Crippen molar-refractivity contribution in [3.05, 3.63) is 30.1 Å². The Morgan fingerprint density at radius 2 is 2.04 bits per heavy atom. The first-order chi connectivity index (χ1) is 11.6. The number of nitrogens with zero attached hydrogens (tertiary/aromatic N) is 2. The van der Waals surface area contributed by atoms with Crippen molar-refractivity contribution in [2.45, 2.75) is 71.4 Å². The molecule has 0 saturated heterocycles. The molecule has 3 unspecified atom stereocenters. The van der Waals surface area contributed by atoms with Crippen molar-refractivity contribution in [1.29, 1.82) is 0 Å². The fraction of sp³-hybridized carbons (Fsp3) is 0.667. The predicted octanol–water partition coefficient (Wildman–Crippen LogP) is 5.05. The van der Waals surface area contributed by atoms with Crippen LogP contribution in [0.3, 0.4) is 0 Å². The molecule has 0 aliphatic heterocycles. The monoisotopic (exact) mass is 327 g/mol. The van der Waals surface area contributed by atoms with E-state index in [9.17, 15) is 0 Å². The summed E-state index contributed by atoms with van der Waals surface area (Å²) in [4.78, 5) is 4.85. The van der Waals surface area contributed by atoms with E-state index in [1.165, 1.54) is 44.0 Å². The Kier molecular flexibility index (Phi) is 5.29. The minimum absolute atomic E-state index is 0.297. The second-order valence-electron chi connectivity index (χ2n) is 7.98. The number of hydrogen-bond donors (Lipinski definition) is 1. The van der Waals surface area contributed by atoms with E-state index in [2.05, 4.69) is 62.0 Å². The highest BCUT2D eigenvalue weighted by Crippen LogP contribution is 2.40. The van der Waals surface area contributed by atoms with Gasteiger partial charge in [0.25, 0.3) is 0 Å². The summed E-state index contributed by atoms with van der Waals surface area (Å²) >= 11 is 0. The van der Waals surface area contributed by atoms with Gasteiger partial charge in [-0.1, -0.05) is 45.7 Å². The zero-order valence-corrected chi connectivity index (χ0v) is 15.8. The van der Waals surface area contributed by atoms with Crippen molar-refractivity contribution in [3.63, 3.8) is 0 Å². The van der Waals surface area contributed by atoms with E-state index in [0.29, 0.717) is 5.54 Å². The number of aromatic nitrogens is 2. The predicted molar refractivity (Wildman–Crippen MR) is 102 cm³/mol. The Morgan fingerprint density at radius 3 is 2.75 bits per heavy atom. The first kappa shape index (κ1) is 17.5. The van der Waals surface area contributed by atoms with Gasteiger partial charge in [-0.3, -0.25) is 0 Å². The molecule has 3 heteroatoms. The summed E-state index contributed by atoms with van der Waals surface area (Å²) < 4.78 is 2.24. The molecule has 132 valence electrons. The Hall–Kier alpha value is -1.35. The molecule has 2 aromatic rings. The van der Waals surface area contributed by atoms with Gasteiger partial charge in [-0.25, -0.2) is 4.98 Å². The molecular weight excluding hydrogens is 294 g/mol. The van der Waals surface area contributed by atoms with Gasteiger partial charge in [0.1, 0.15) is 5.82 Å². The van der Waals surface area contributed by atoms with Crippen molar-refractivity contribution in [2.24, 2.45) is 18.9 Å². The Morgan fingerprint density at radius 1 is 1.25 bits per heavy atom. The average Bonchev–Trinajstić information content (AvgIpc) is 2.89. The van der Waals surface area contributed by atoms with Gasteiger partial charge in [0, 0.05) is 12.6 Å². The van der Waals surface area contributed by atoms with Crippen LogP contribution >= 0.6 is 0 Å². The van der Waals surface area contributed by atoms with Gasteiger partial charge < -0.3 is 9.88 Å². The lowest BCUT2D eigenvalue weighted by Gasteiger charge is -2.44. The maximum absolute atomic E-state index is 4.85. The van der Waals surface area contributed by atoms with E-state index in [1.54, 1.807) is 0 Å². The number of rotatable bonds is 6. The molecule has 0 spiro atoms. The summed E-state index contributed by atoms with van der Waals surface area (Å²) in [6.45, 7) is 7.97. The maximum atomic E-state index is 4.85. The molecular formula is C21H33N3. The van der Waals surface area contributed by atoms with Gasteiger partial charge in [0.2, 0.25) is 0 Å². The van der Waals surface area contributed by atoms with Gasteiger partial charge in [-0.2, -0.15) is 0 Å². The minimum Gasteiger partial charge on any atom is -0.330 e. The number of benzene rings is 1. The van der Waals surface area contributed by atoms with Crippen LogP contribution in [0.15, 0.2) is 24.3 Å². The standard InChI is InChI=1S/C21H33N3/c1-5-11-21(13-16(3)12-17(6-2)14-21)22-15-20-23-18-9-7-8-10-19(18)24(20)4/h7-10,16-17,22H,5-6,11-15H2,1-4H3. The Bertz CT molecular complexity index is 675. The summed E-state index contributed by atoms with van der Waals surface area (Å²) in [5.41, 5.74) is 2.62. The molecule has 0 amide bonds. The molecule has 0 bridgehead atoms. The van der Waals surface area contributed by atoms with Crippen molar-refractivity contribution < 1.29 is 0 Å². The number of fused-ring (bicyclic) bond motifs is 1. The highest BCUT2D eigenvalue weighted by atomic mass is 15.1. The summed E-state index contributed by atoms with van der Waals surface area (Å²) in [5.74, 6) is 2.84. The van der Waals surface area contributed by atoms with Crippen molar-refractivity contribution >= 4 is 11.0 Å². The van der Waals surface area contributed by atoms with Crippen LogP contribution in [0.4, 0.5) is 0 Å². The first-order valence-corrected chi connectivity index (χ1v) is 9.72. The Labute approximate surface area is 146 Å². The Balaban J connectivity index is 1.79. The molecule has 0 radical (unpaired) electrons. The smallest absolute Gasteiger partial charge is 0.123 e. The van der Waals surface area contributed by atoms with Crippen LogP contribution in [0.5, 0.6) is 0 Å². The van der Waals surface area contributed by atoms with Crippen LogP contribution in [0.2, 0.25) is 0 Å². The highest BCUT2D eigenvalue weighted by molar-refractivity contribution is 5.75.